The molecule has 7 heteroatoms. The molecule has 6 nitrogen and oxygen atoms in total. The van der Waals surface area contributed by atoms with Crippen LogP contribution in [0.1, 0.15) is 36.8 Å². The van der Waals surface area contributed by atoms with Crippen molar-refractivity contribution in [3.63, 3.8) is 0 Å². The van der Waals surface area contributed by atoms with Crippen LogP contribution in [0.25, 0.3) is 0 Å². The lowest BCUT2D eigenvalue weighted by Crippen LogP contribution is -2.25. The molecule has 1 aliphatic rings. The van der Waals surface area contributed by atoms with Gasteiger partial charge >= 0.3 is 6.01 Å². The molecule has 0 aromatic carbocycles. The van der Waals surface area contributed by atoms with Crippen molar-refractivity contribution in [2.24, 2.45) is 0 Å². The first kappa shape index (κ1) is 14.2. The van der Waals surface area contributed by atoms with Crippen molar-refractivity contribution in [2.75, 3.05) is 18.0 Å². The zero-order valence-electron chi connectivity index (χ0n) is 12.5. The third kappa shape index (κ3) is 3.29. The fourth-order valence-electron chi connectivity index (χ4n) is 2.18. The second kappa shape index (κ2) is 5.93. The summed E-state index contributed by atoms with van der Waals surface area (Å²) in [5.74, 6) is 0.423. The maximum absolute atomic E-state index is 5.83. The summed E-state index contributed by atoms with van der Waals surface area (Å²) in [4.78, 5) is 10.6. The maximum atomic E-state index is 5.83. The smallest absolute Gasteiger partial charge is 0.316 e. The summed E-state index contributed by atoms with van der Waals surface area (Å²) in [5.41, 5.74) is 1.03. The minimum absolute atomic E-state index is 0.110. The van der Waals surface area contributed by atoms with E-state index in [9.17, 15) is 0 Å². The number of hydrogen-bond donors (Lipinski definition) is 0. The van der Waals surface area contributed by atoms with Crippen LogP contribution >= 0.6 is 11.3 Å². The molecule has 0 bridgehead atoms. The Labute approximate surface area is 128 Å². The Balaban J connectivity index is 1.60. The quantitative estimate of drug-likeness (QED) is 0.864. The maximum Gasteiger partial charge on any atom is 0.316 e. The van der Waals surface area contributed by atoms with Gasteiger partial charge in [-0.2, -0.15) is 0 Å². The molecule has 2 aromatic rings. The molecule has 0 spiro atoms. The van der Waals surface area contributed by atoms with Crippen molar-refractivity contribution in [3.05, 3.63) is 23.0 Å². The first-order valence-corrected chi connectivity index (χ1v) is 7.97. The van der Waals surface area contributed by atoms with E-state index in [1.165, 1.54) is 0 Å². The van der Waals surface area contributed by atoms with Gasteiger partial charge in [-0.15, -0.1) is 10.2 Å². The lowest BCUT2D eigenvalue weighted by atomic mass is 10.2. The number of aromatic nitrogens is 4. The van der Waals surface area contributed by atoms with E-state index >= 15 is 0 Å². The van der Waals surface area contributed by atoms with Crippen LogP contribution in [0, 0.1) is 6.92 Å². The molecule has 2 aromatic heterocycles. The molecule has 112 valence electrons. The van der Waals surface area contributed by atoms with Crippen LogP contribution in [0.15, 0.2) is 12.4 Å². The van der Waals surface area contributed by atoms with Crippen molar-refractivity contribution in [2.45, 2.75) is 39.2 Å². The van der Waals surface area contributed by atoms with E-state index in [-0.39, 0.29) is 6.10 Å². The van der Waals surface area contributed by atoms with Gasteiger partial charge in [0, 0.05) is 31.3 Å². The van der Waals surface area contributed by atoms with Crippen LogP contribution in [0.5, 0.6) is 6.01 Å². The van der Waals surface area contributed by atoms with Crippen molar-refractivity contribution in [1.82, 2.24) is 20.2 Å². The first-order chi connectivity index (χ1) is 10.1. The Kier molecular flexibility index (Phi) is 4.01. The van der Waals surface area contributed by atoms with Crippen molar-refractivity contribution < 1.29 is 4.74 Å². The van der Waals surface area contributed by atoms with E-state index in [0.717, 1.165) is 35.2 Å². The van der Waals surface area contributed by atoms with Gasteiger partial charge in [0.05, 0.1) is 6.54 Å². The molecule has 0 amide bonds. The number of ether oxygens (including phenoxy) is 1. The molecule has 0 radical (unpaired) electrons. The van der Waals surface area contributed by atoms with E-state index in [4.69, 9.17) is 4.74 Å². The normalized spacial score (nSPS) is 18.5. The van der Waals surface area contributed by atoms with Crippen LogP contribution in [0.3, 0.4) is 0 Å². The minimum atomic E-state index is 0.110. The lowest BCUT2D eigenvalue weighted by Gasteiger charge is -2.14. The van der Waals surface area contributed by atoms with Gasteiger partial charge < -0.3 is 9.64 Å². The van der Waals surface area contributed by atoms with Crippen molar-refractivity contribution >= 4 is 16.5 Å². The highest BCUT2D eigenvalue weighted by atomic mass is 32.1. The number of nitrogens with zero attached hydrogens (tertiary/aromatic N) is 5. The SMILES string of the molecule is Cc1cnc(OC2CCN(c3nnc(C(C)C)s3)C2)nc1. The fraction of sp³-hybridized carbons (Fsp3) is 0.571. The fourth-order valence-corrected chi connectivity index (χ4v) is 3.06. The van der Waals surface area contributed by atoms with Gasteiger partial charge in [0.2, 0.25) is 5.13 Å². The molecule has 21 heavy (non-hydrogen) atoms. The minimum Gasteiger partial charge on any atom is -0.458 e. The summed E-state index contributed by atoms with van der Waals surface area (Å²) in [6.45, 7) is 7.97. The van der Waals surface area contributed by atoms with E-state index < -0.39 is 0 Å². The average Bonchev–Trinajstić information content (AvgIpc) is 3.10. The van der Waals surface area contributed by atoms with Crippen LogP contribution in [0.4, 0.5) is 5.13 Å². The Morgan fingerprint density at radius 2 is 2.05 bits per heavy atom. The number of rotatable bonds is 4. The molecule has 1 saturated heterocycles. The second-order valence-electron chi connectivity index (χ2n) is 5.60. The number of hydrogen-bond acceptors (Lipinski definition) is 7. The summed E-state index contributed by atoms with van der Waals surface area (Å²) in [7, 11) is 0. The topological polar surface area (TPSA) is 64.0 Å². The van der Waals surface area contributed by atoms with Gasteiger partial charge in [-0.3, -0.25) is 0 Å². The summed E-state index contributed by atoms with van der Waals surface area (Å²) < 4.78 is 5.83. The van der Waals surface area contributed by atoms with Gasteiger partial charge in [0.25, 0.3) is 0 Å². The van der Waals surface area contributed by atoms with Crippen LogP contribution in [-0.2, 0) is 0 Å². The summed E-state index contributed by atoms with van der Waals surface area (Å²) in [6, 6.07) is 0.451. The number of anilines is 1. The summed E-state index contributed by atoms with van der Waals surface area (Å²) >= 11 is 1.67. The molecule has 0 aliphatic carbocycles. The summed E-state index contributed by atoms with van der Waals surface area (Å²) in [5, 5.41) is 10.6. The Hall–Kier alpha value is -1.76. The van der Waals surface area contributed by atoms with Gasteiger partial charge in [-0.1, -0.05) is 25.2 Å². The Bertz CT molecular complexity index is 598. The molecule has 1 fully saturated rings. The monoisotopic (exact) mass is 305 g/mol. The predicted molar refractivity (Wildman–Crippen MR) is 82.0 cm³/mol. The zero-order valence-corrected chi connectivity index (χ0v) is 13.3. The zero-order chi connectivity index (χ0) is 14.8. The Morgan fingerprint density at radius 1 is 1.29 bits per heavy atom. The predicted octanol–water partition coefficient (Wildman–Crippen LogP) is 2.42. The molecule has 0 saturated carbocycles. The van der Waals surface area contributed by atoms with E-state index in [1.54, 1.807) is 23.7 Å². The standard InChI is InChI=1S/C14H19N5OS/c1-9(2)12-17-18-14(21-12)19-5-4-11(8-19)20-13-15-6-10(3)7-16-13/h6-7,9,11H,4-5,8H2,1-3H3. The third-order valence-corrected chi connectivity index (χ3v) is 4.65. The molecule has 0 N–H and O–H groups in total. The van der Waals surface area contributed by atoms with E-state index in [0.29, 0.717) is 11.9 Å². The van der Waals surface area contributed by atoms with Crippen molar-refractivity contribution in [1.29, 1.82) is 0 Å². The van der Waals surface area contributed by atoms with Gasteiger partial charge in [0.15, 0.2) is 0 Å². The molecule has 1 atom stereocenters. The molecule has 1 aliphatic heterocycles. The van der Waals surface area contributed by atoms with Gasteiger partial charge in [-0.05, 0) is 12.5 Å². The third-order valence-electron chi connectivity index (χ3n) is 3.37. The molecular formula is C14H19N5OS. The molecule has 3 rings (SSSR count). The first-order valence-electron chi connectivity index (χ1n) is 7.15. The van der Waals surface area contributed by atoms with Crippen LogP contribution < -0.4 is 9.64 Å². The summed E-state index contributed by atoms with van der Waals surface area (Å²) in [6.07, 6.45) is 4.61. The Morgan fingerprint density at radius 3 is 2.71 bits per heavy atom. The highest BCUT2D eigenvalue weighted by Gasteiger charge is 2.27. The van der Waals surface area contributed by atoms with E-state index in [2.05, 4.69) is 38.9 Å². The highest BCUT2D eigenvalue weighted by molar-refractivity contribution is 7.15. The molecule has 3 heterocycles. The largest absolute Gasteiger partial charge is 0.458 e. The average molecular weight is 305 g/mol. The second-order valence-corrected chi connectivity index (χ2v) is 6.58. The highest BCUT2D eigenvalue weighted by Crippen LogP contribution is 2.28. The van der Waals surface area contributed by atoms with Gasteiger partial charge in [0.1, 0.15) is 11.1 Å². The van der Waals surface area contributed by atoms with Crippen LogP contribution in [0.2, 0.25) is 0 Å². The van der Waals surface area contributed by atoms with E-state index in [1.807, 2.05) is 6.92 Å². The molecule has 1 unspecified atom stereocenters. The number of aryl methyl sites for hydroxylation is 1. The van der Waals surface area contributed by atoms with Crippen LogP contribution in [-0.4, -0.2) is 39.4 Å². The van der Waals surface area contributed by atoms with Crippen molar-refractivity contribution in [3.8, 4) is 6.01 Å². The van der Waals surface area contributed by atoms with Gasteiger partial charge in [-0.25, -0.2) is 9.97 Å². The molecular weight excluding hydrogens is 286 g/mol. The lowest BCUT2D eigenvalue weighted by molar-refractivity contribution is 0.206.